The third kappa shape index (κ3) is 6.36. The van der Waals surface area contributed by atoms with Crippen molar-refractivity contribution in [2.45, 2.75) is 12.8 Å². The lowest BCUT2D eigenvalue weighted by Gasteiger charge is -2.23. The van der Waals surface area contributed by atoms with Gasteiger partial charge in [0, 0.05) is 32.9 Å². The van der Waals surface area contributed by atoms with Crippen molar-refractivity contribution >= 4 is 97.8 Å². The fraction of sp³-hybridized carbons (Fsp3) is 0.0286. The molecule has 0 bridgehead atoms. The maximum absolute atomic E-state index is 2.49. The highest BCUT2D eigenvalue weighted by atomic mass is 15.0. The molecule has 2 nitrogen and oxygen atoms in total. The first kappa shape index (κ1) is 40.6. The molecule has 336 valence electrons. The lowest BCUT2D eigenvalue weighted by atomic mass is 9.82. The molecule has 0 saturated heterocycles. The Morgan fingerprint density at radius 2 is 0.625 bits per heavy atom. The summed E-state index contributed by atoms with van der Waals surface area (Å²) in [4.78, 5) is 0. The number of rotatable bonds is 6. The molecule has 14 aromatic rings. The summed E-state index contributed by atoms with van der Waals surface area (Å²) in [7, 11) is 0. The second-order valence-corrected chi connectivity index (χ2v) is 19.5. The van der Waals surface area contributed by atoms with Gasteiger partial charge in [-0.1, -0.05) is 194 Å². The molecule has 0 spiro atoms. The molecule has 72 heavy (non-hydrogen) atoms. The molecule has 1 aliphatic carbocycles. The molecule has 0 unspecified atom stereocenters. The lowest BCUT2D eigenvalue weighted by Crippen LogP contribution is -2.01. The Balaban J connectivity index is 1.01. The molecule has 0 atom stereocenters. The minimum Gasteiger partial charge on any atom is -0.309 e. The topological polar surface area (TPSA) is 9.86 Å². The van der Waals surface area contributed by atoms with Gasteiger partial charge in [0.25, 0.3) is 0 Å². The highest BCUT2D eigenvalue weighted by Crippen LogP contribution is 2.47. The number of hydrogen-bond acceptors (Lipinski definition) is 0. The van der Waals surface area contributed by atoms with Crippen molar-refractivity contribution in [1.82, 2.24) is 9.13 Å². The van der Waals surface area contributed by atoms with Crippen LogP contribution in [0.5, 0.6) is 0 Å². The van der Waals surface area contributed by atoms with E-state index in [-0.39, 0.29) is 0 Å². The zero-order chi connectivity index (χ0) is 47.3. The third-order valence-corrected chi connectivity index (χ3v) is 15.6. The van der Waals surface area contributed by atoms with Crippen LogP contribution in [0.25, 0.3) is 131 Å². The Kier molecular flexibility index (Phi) is 9.12. The van der Waals surface area contributed by atoms with Crippen LogP contribution >= 0.6 is 0 Å². The van der Waals surface area contributed by atoms with E-state index in [9.17, 15) is 0 Å². The molecule has 0 saturated carbocycles. The van der Waals surface area contributed by atoms with Gasteiger partial charge in [0.05, 0.1) is 22.1 Å². The first-order valence-electron chi connectivity index (χ1n) is 25.2. The Labute approximate surface area is 417 Å². The van der Waals surface area contributed by atoms with Crippen LogP contribution in [0.15, 0.2) is 255 Å². The molecule has 0 amide bonds. The highest BCUT2D eigenvalue weighted by molar-refractivity contribution is 6.21. The number of fused-ring (bicyclic) bond motifs is 10. The Morgan fingerprint density at radius 1 is 0.236 bits per heavy atom. The molecule has 2 heterocycles. The molecular weight excluding hydrogens is 869 g/mol. The monoisotopic (exact) mass is 914 g/mol. The molecule has 2 aromatic heterocycles. The second-order valence-electron chi connectivity index (χ2n) is 19.5. The van der Waals surface area contributed by atoms with Crippen molar-refractivity contribution in [2.24, 2.45) is 0 Å². The predicted octanol–water partition coefficient (Wildman–Crippen LogP) is 19.1. The highest BCUT2D eigenvalue weighted by Gasteiger charge is 2.23. The molecule has 0 aliphatic heterocycles. The quantitative estimate of drug-likeness (QED) is 0.147. The van der Waals surface area contributed by atoms with Crippen LogP contribution in [0.1, 0.15) is 24.0 Å². The lowest BCUT2D eigenvalue weighted by molar-refractivity contribution is 1.08. The number of para-hydroxylation sites is 4. The second kappa shape index (κ2) is 16.2. The van der Waals surface area contributed by atoms with E-state index in [4.69, 9.17) is 0 Å². The zero-order valence-corrected chi connectivity index (χ0v) is 39.6. The van der Waals surface area contributed by atoms with Crippen LogP contribution in [-0.2, 0) is 0 Å². The fourth-order valence-electron chi connectivity index (χ4n) is 12.2. The van der Waals surface area contributed by atoms with E-state index in [1.165, 1.54) is 131 Å². The summed E-state index contributed by atoms with van der Waals surface area (Å²) in [6.07, 6.45) is 6.70. The molecule has 0 radical (unpaired) electrons. The average Bonchev–Trinajstić information content (AvgIpc) is 3.97. The van der Waals surface area contributed by atoms with E-state index in [0.29, 0.717) is 0 Å². The molecule has 0 N–H and O–H groups in total. The molecule has 12 aromatic carbocycles. The van der Waals surface area contributed by atoms with Gasteiger partial charge >= 0.3 is 0 Å². The predicted molar refractivity (Wildman–Crippen MR) is 308 cm³/mol. The maximum atomic E-state index is 2.49. The van der Waals surface area contributed by atoms with Crippen LogP contribution < -0.4 is 0 Å². The van der Waals surface area contributed by atoms with Gasteiger partial charge < -0.3 is 9.13 Å². The number of hydrogen-bond donors (Lipinski definition) is 0. The fourth-order valence-corrected chi connectivity index (χ4v) is 12.2. The SMILES string of the molecule is C1=C(c2ccc3ccccc3c2)CCC(c2c3cc(-n4c5ccccc5c5ccccc54)ccc3c(-c3ccc(-c4ccc5ccccc5c4)cc3)c3cc(-n4c5ccccc5c5ccccc54)ccc23)=C1. The largest absolute Gasteiger partial charge is 0.309 e. The van der Waals surface area contributed by atoms with E-state index >= 15 is 0 Å². The molecule has 15 rings (SSSR count). The van der Waals surface area contributed by atoms with Crippen LogP contribution in [0.4, 0.5) is 0 Å². The average molecular weight is 915 g/mol. The van der Waals surface area contributed by atoms with E-state index in [0.717, 1.165) is 24.2 Å². The van der Waals surface area contributed by atoms with Crippen molar-refractivity contribution < 1.29 is 0 Å². The zero-order valence-electron chi connectivity index (χ0n) is 39.6. The van der Waals surface area contributed by atoms with Crippen molar-refractivity contribution in [2.75, 3.05) is 0 Å². The van der Waals surface area contributed by atoms with E-state index in [1.807, 2.05) is 0 Å². The smallest absolute Gasteiger partial charge is 0.0541 e. The Bertz CT molecular complexity index is 4510. The van der Waals surface area contributed by atoms with Gasteiger partial charge in [-0.3, -0.25) is 0 Å². The minimum atomic E-state index is 0.927. The molecule has 0 fully saturated rings. The van der Waals surface area contributed by atoms with Gasteiger partial charge in [0.2, 0.25) is 0 Å². The van der Waals surface area contributed by atoms with Crippen LogP contribution in [-0.4, -0.2) is 9.13 Å². The molecular formula is C70H46N2. The minimum absolute atomic E-state index is 0.927. The van der Waals surface area contributed by atoms with E-state index in [2.05, 4.69) is 264 Å². The number of benzene rings is 12. The third-order valence-electron chi connectivity index (χ3n) is 15.6. The van der Waals surface area contributed by atoms with Crippen molar-refractivity contribution in [3.8, 4) is 33.6 Å². The van der Waals surface area contributed by atoms with Gasteiger partial charge in [0.15, 0.2) is 0 Å². The Hall–Kier alpha value is -9.24. The number of aromatic nitrogens is 2. The van der Waals surface area contributed by atoms with E-state index < -0.39 is 0 Å². The summed E-state index contributed by atoms with van der Waals surface area (Å²) in [6, 6.07) is 90.3. The normalized spacial score (nSPS) is 13.1. The summed E-state index contributed by atoms with van der Waals surface area (Å²) >= 11 is 0. The standard InChI is InChI=1S/C70H46N2/c1-3-15-51-41-53(35-29-45(51)13-1)47-25-31-49(32-26-47)69-61-39-37-56(72-67-23-11-7-19-59(67)60-20-8-12-24-68(60)72)44-64(61)70(50-33-27-48(28-34-50)54-36-30-46-14-2-4-16-52(46)42-54)62-40-38-55(43-63(62)69)71-65-21-9-5-17-57(65)58-18-6-10-22-66(58)71/h1-27,29-33,35-44H,28,34H2. The number of nitrogens with zero attached hydrogens (tertiary/aromatic N) is 2. The van der Waals surface area contributed by atoms with Gasteiger partial charge in [0.1, 0.15) is 0 Å². The first-order chi connectivity index (χ1) is 35.7. The van der Waals surface area contributed by atoms with Crippen LogP contribution in [0.2, 0.25) is 0 Å². The van der Waals surface area contributed by atoms with Crippen molar-refractivity contribution in [3.05, 3.63) is 266 Å². The summed E-state index contributed by atoms with van der Waals surface area (Å²) in [6.45, 7) is 0. The summed E-state index contributed by atoms with van der Waals surface area (Å²) in [5, 5.41) is 15.1. The Morgan fingerprint density at radius 3 is 1.14 bits per heavy atom. The van der Waals surface area contributed by atoms with Crippen molar-refractivity contribution in [1.29, 1.82) is 0 Å². The first-order valence-corrected chi connectivity index (χ1v) is 25.2. The van der Waals surface area contributed by atoms with Gasteiger partial charge in [-0.25, -0.2) is 0 Å². The summed E-state index contributed by atoms with van der Waals surface area (Å²) < 4.78 is 4.93. The molecule has 2 heteroatoms. The van der Waals surface area contributed by atoms with Crippen molar-refractivity contribution in [3.63, 3.8) is 0 Å². The molecule has 1 aliphatic rings. The van der Waals surface area contributed by atoms with E-state index in [1.54, 1.807) is 0 Å². The number of allylic oxidation sites excluding steroid dienone is 4. The summed E-state index contributed by atoms with van der Waals surface area (Å²) in [5.74, 6) is 0. The van der Waals surface area contributed by atoms with Crippen LogP contribution in [0, 0.1) is 0 Å². The van der Waals surface area contributed by atoms with Gasteiger partial charge in [-0.05, 0) is 161 Å². The maximum Gasteiger partial charge on any atom is 0.0541 e. The van der Waals surface area contributed by atoms with Crippen LogP contribution in [0.3, 0.4) is 0 Å². The van der Waals surface area contributed by atoms with Gasteiger partial charge in [-0.2, -0.15) is 0 Å². The van der Waals surface area contributed by atoms with Gasteiger partial charge in [-0.15, -0.1) is 0 Å². The summed E-state index contributed by atoms with van der Waals surface area (Å²) in [5.41, 5.74) is 17.3.